The number of hydrogen-bond acceptors (Lipinski definition) is 0. The van der Waals surface area contributed by atoms with E-state index in [0.29, 0.717) is 13.2 Å². The van der Waals surface area contributed by atoms with Gasteiger partial charge < -0.3 is 0 Å². The van der Waals surface area contributed by atoms with Gasteiger partial charge in [0.1, 0.15) is 0 Å². The SMILES string of the molecule is CC1=Cc2c(-c3ccc(C4CCCCC4)cc3)ccc(C)c2[CH]1[Zr]([CH3])([CH3])(=[SiH2])[CH]1C(C(C)C)=Cc2c(-c3ccc(C(C)(C)C)cc3)cccc21.Cl.Cl. The smallest absolute Gasteiger partial charge is 0.147 e. The summed E-state index contributed by atoms with van der Waals surface area (Å²) in [5.41, 5.74) is 19.5. The van der Waals surface area contributed by atoms with Crippen molar-refractivity contribution < 1.29 is 17.4 Å². The molecule has 0 spiro atoms. The van der Waals surface area contributed by atoms with Crippen molar-refractivity contribution in [3.8, 4) is 22.3 Å². The Kier molecular flexibility index (Phi) is 11.6. The number of aryl methyl sites for hydroxylation is 1. The van der Waals surface area contributed by atoms with Crippen molar-refractivity contribution in [2.75, 3.05) is 0 Å². The second-order valence-corrected chi connectivity index (χ2v) is 48.8. The molecule has 1 fully saturated rings. The van der Waals surface area contributed by atoms with Gasteiger partial charge in [-0.25, -0.2) is 0 Å². The first kappa shape index (κ1) is 40.2. The fourth-order valence-corrected chi connectivity index (χ4v) is 30.8. The molecule has 0 radical (unpaired) electrons. The van der Waals surface area contributed by atoms with E-state index in [4.69, 9.17) is 0 Å². The first-order chi connectivity index (χ1) is 23.1. The molecule has 4 aromatic rings. The third-order valence-corrected chi connectivity index (χ3v) is 30.2. The van der Waals surface area contributed by atoms with Crippen LogP contribution < -0.4 is 0 Å². The summed E-state index contributed by atoms with van der Waals surface area (Å²) >= 11 is -3.71. The average molecular weight is 815 g/mol. The molecule has 4 aromatic carbocycles. The molecule has 0 bridgehead atoms. The third kappa shape index (κ3) is 7.19. The maximum absolute atomic E-state index is 3.71. The summed E-state index contributed by atoms with van der Waals surface area (Å²) in [7, 11) is 0. The molecule has 3 aliphatic carbocycles. The van der Waals surface area contributed by atoms with E-state index in [2.05, 4.69) is 156 Å². The van der Waals surface area contributed by atoms with E-state index in [1.165, 1.54) is 76.6 Å². The molecule has 0 saturated heterocycles. The van der Waals surface area contributed by atoms with Gasteiger partial charge in [-0.15, -0.1) is 24.8 Å². The Hall–Kier alpha value is -1.96. The summed E-state index contributed by atoms with van der Waals surface area (Å²) in [5.74, 6) is 1.25. The summed E-state index contributed by atoms with van der Waals surface area (Å²) in [6.45, 7) is 19.1. The van der Waals surface area contributed by atoms with Crippen LogP contribution in [0.15, 0.2) is 90.0 Å². The predicted molar refractivity (Wildman–Crippen MR) is 230 cm³/mol. The summed E-state index contributed by atoms with van der Waals surface area (Å²) in [6, 6.07) is 31.1. The van der Waals surface area contributed by atoms with Crippen LogP contribution in [0.2, 0.25) is 9.26 Å². The van der Waals surface area contributed by atoms with Crippen molar-refractivity contribution in [1.29, 1.82) is 0 Å². The summed E-state index contributed by atoms with van der Waals surface area (Å²) < 4.78 is 6.62. The van der Waals surface area contributed by atoms with Gasteiger partial charge >= 0.3 is 302 Å². The van der Waals surface area contributed by atoms with Crippen molar-refractivity contribution >= 4 is 43.8 Å². The quantitative estimate of drug-likeness (QED) is 0.170. The monoisotopic (exact) mass is 812 g/mol. The zero-order valence-electron chi connectivity index (χ0n) is 32.5. The molecule has 0 aromatic heterocycles. The Labute approximate surface area is 324 Å². The first-order valence-electron chi connectivity index (χ1n) is 19.1. The van der Waals surface area contributed by atoms with Crippen molar-refractivity contribution in [3.63, 3.8) is 0 Å². The van der Waals surface area contributed by atoms with Gasteiger partial charge in [-0.05, 0) is 0 Å². The molecule has 0 N–H and O–H groups in total. The zero-order chi connectivity index (χ0) is 34.9. The Morgan fingerprint density at radius 1 is 0.686 bits per heavy atom. The molecule has 2 unspecified atom stereocenters. The fourth-order valence-electron chi connectivity index (χ4n) is 10.2. The molecule has 0 nitrogen and oxygen atoms in total. The van der Waals surface area contributed by atoms with Gasteiger partial charge in [-0.2, -0.15) is 0 Å². The van der Waals surface area contributed by atoms with Crippen LogP contribution in [0.4, 0.5) is 0 Å². The first-order valence-corrected chi connectivity index (χ1v) is 32.8. The number of rotatable bonds is 6. The molecule has 0 aliphatic heterocycles. The Balaban J connectivity index is 0.00000252. The van der Waals surface area contributed by atoms with Crippen LogP contribution >= 0.6 is 24.8 Å². The van der Waals surface area contributed by atoms with E-state index in [1.807, 2.05) is 0 Å². The van der Waals surface area contributed by atoms with Gasteiger partial charge in [0.05, 0.1) is 0 Å². The zero-order valence-corrected chi connectivity index (χ0v) is 38.0. The van der Waals surface area contributed by atoms with Crippen LogP contribution in [0, 0.1) is 12.8 Å². The summed E-state index contributed by atoms with van der Waals surface area (Å²) in [5, 5.41) is 0. The van der Waals surface area contributed by atoms with Crippen molar-refractivity contribution in [3.05, 3.63) is 129 Å². The van der Waals surface area contributed by atoms with Crippen molar-refractivity contribution in [1.82, 2.24) is 0 Å². The second kappa shape index (κ2) is 14.7. The topological polar surface area (TPSA) is 0 Å². The normalized spacial score (nSPS) is 19.1. The summed E-state index contributed by atoms with van der Waals surface area (Å²) in [4.78, 5) is 0. The molecule has 270 valence electrons. The minimum atomic E-state index is -3.71. The molecule has 0 heterocycles. The molecule has 4 heteroatoms. The summed E-state index contributed by atoms with van der Waals surface area (Å²) in [6.07, 6.45) is 12.1. The van der Waals surface area contributed by atoms with Gasteiger partial charge in [0.15, 0.2) is 0 Å². The van der Waals surface area contributed by atoms with Crippen LogP contribution in [0.1, 0.15) is 126 Å². The van der Waals surface area contributed by atoms with E-state index in [9.17, 15) is 0 Å². The van der Waals surface area contributed by atoms with Gasteiger partial charge in [0, 0.05) is 0 Å². The van der Waals surface area contributed by atoms with E-state index >= 15 is 0 Å². The Morgan fingerprint density at radius 2 is 1.27 bits per heavy atom. The van der Waals surface area contributed by atoms with Crippen LogP contribution in [0.5, 0.6) is 0 Å². The molecular formula is C47H60Cl2SiZr. The predicted octanol–water partition coefficient (Wildman–Crippen LogP) is 14.1. The molecule has 51 heavy (non-hydrogen) atoms. The van der Waals surface area contributed by atoms with Gasteiger partial charge in [-0.1, -0.05) is 0 Å². The van der Waals surface area contributed by atoms with E-state index in [0.717, 1.165) is 5.92 Å². The van der Waals surface area contributed by atoms with Crippen LogP contribution in [0.25, 0.3) is 34.4 Å². The average Bonchev–Trinajstić information content (AvgIpc) is 3.66. The van der Waals surface area contributed by atoms with Crippen LogP contribution in [-0.4, -0.2) is 6.88 Å². The number of allylic oxidation sites excluding steroid dienone is 2. The Bertz CT molecular complexity index is 2050. The Morgan fingerprint density at radius 3 is 1.86 bits per heavy atom. The minimum absolute atomic E-state index is 0. The second-order valence-electron chi connectivity index (χ2n) is 18.3. The van der Waals surface area contributed by atoms with Crippen LogP contribution in [0.3, 0.4) is 0 Å². The molecule has 1 saturated carbocycles. The van der Waals surface area contributed by atoms with Gasteiger partial charge in [0.2, 0.25) is 0 Å². The number of hydrogen-bond donors (Lipinski definition) is 0. The van der Waals surface area contributed by atoms with Gasteiger partial charge in [-0.3, -0.25) is 0 Å². The van der Waals surface area contributed by atoms with E-state index in [-0.39, 0.29) is 30.2 Å². The molecule has 3 aliphatic rings. The minimum Gasteiger partial charge on any atom is -0.147 e. The molecular weight excluding hydrogens is 755 g/mol. The number of benzene rings is 4. The van der Waals surface area contributed by atoms with Crippen molar-refractivity contribution in [2.45, 2.75) is 108 Å². The van der Waals surface area contributed by atoms with E-state index in [1.54, 1.807) is 27.8 Å². The van der Waals surface area contributed by atoms with Crippen molar-refractivity contribution in [2.24, 2.45) is 5.92 Å². The maximum Gasteiger partial charge on any atom is -0.147 e. The number of fused-ring (bicyclic) bond motifs is 2. The standard InChI is InChI=1S/C23H25.C22H25.2CH3.2ClH.H2Si.Zr/c1-16-14-22-17(2)8-13-21(23(22)15-16)20-11-9-19(10-12-20)18-6-4-3-5-7-18;1-15(2)18-13-17-7-6-8-20(21(17)14-18)16-9-11-19(12-10-16)22(3,4)5;;;;;;/h8-15,18H,3-7H2,1-2H3;6-15H,1-5H3;2*1H3;2*1H;1H2;. The third-order valence-electron chi connectivity index (χ3n) is 12.6. The molecule has 0 amide bonds. The number of halogens is 2. The maximum atomic E-state index is 2.79. The van der Waals surface area contributed by atoms with E-state index < -0.39 is 17.4 Å². The van der Waals surface area contributed by atoms with Crippen LogP contribution in [-0.2, 0) is 22.8 Å². The molecule has 2 atom stereocenters. The fraction of sp³-hybridized carbons (Fsp3) is 0.404. The van der Waals surface area contributed by atoms with Gasteiger partial charge in [0.25, 0.3) is 0 Å². The largest absolute Gasteiger partial charge is 0.147 e. The molecule has 7 rings (SSSR count).